The third-order valence-electron chi connectivity index (χ3n) is 2.32. The molecule has 0 bridgehead atoms. The Hall–Kier alpha value is -1.14. The first-order chi connectivity index (χ1) is 7.56. The van der Waals surface area contributed by atoms with Crippen LogP contribution in [0.3, 0.4) is 0 Å². The smallest absolute Gasteiger partial charge is 0.326 e. The molecule has 0 aliphatic heterocycles. The Morgan fingerprint density at radius 1 is 1.38 bits per heavy atom. The summed E-state index contributed by atoms with van der Waals surface area (Å²) in [5.74, 6) is -1.86. The quantitative estimate of drug-likeness (QED) is 0.442. The fraction of sp³-hybridized carbons (Fsp3) is 0.800. The van der Waals surface area contributed by atoms with Crippen LogP contribution in [0, 0.1) is 5.92 Å². The number of aliphatic carboxylic acids is 1. The molecule has 0 saturated heterocycles. The number of rotatable bonds is 8. The standard InChI is InChI=1S/C10H20N2O4/c1-2-3-7(6-11)9(14)12-8(4-5-13)10(15)16/h7-8,13H,2-6,11H2,1H3,(H,12,14)(H,15,16)/t7?,8-/m0/s1. The maximum atomic E-state index is 11.6. The Bertz CT molecular complexity index is 233. The minimum atomic E-state index is -1.14. The molecule has 6 heteroatoms. The van der Waals surface area contributed by atoms with E-state index in [1.54, 1.807) is 0 Å². The number of aliphatic hydroxyl groups is 1. The molecule has 0 aromatic rings. The molecule has 1 amide bonds. The van der Waals surface area contributed by atoms with Crippen molar-refractivity contribution in [1.29, 1.82) is 0 Å². The van der Waals surface area contributed by atoms with Crippen LogP contribution in [0.15, 0.2) is 0 Å². The van der Waals surface area contributed by atoms with Crippen LogP contribution in [0.1, 0.15) is 26.2 Å². The number of nitrogens with two attached hydrogens (primary N) is 1. The summed E-state index contributed by atoms with van der Waals surface area (Å²) in [5.41, 5.74) is 5.43. The first kappa shape index (κ1) is 14.9. The van der Waals surface area contributed by atoms with Gasteiger partial charge in [0.15, 0.2) is 0 Å². The van der Waals surface area contributed by atoms with E-state index in [0.717, 1.165) is 6.42 Å². The van der Waals surface area contributed by atoms with Gasteiger partial charge in [-0.1, -0.05) is 13.3 Å². The van der Waals surface area contributed by atoms with Gasteiger partial charge < -0.3 is 21.3 Å². The summed E-state index contributed by atoms with van der Waals surface area (Å²) in [7, 11) is 0. The van der Waals surface area contributed by atoms with Crippen molar-refractivity contribution in [3.8, 4) is 0 Å². The molecule has 0 saturated carbocycles. The fourth-order valence-electron chi connectivity index (χ4n) is 1.38. The topological polar surface area (TPSA) is 113 Å². The average Bonchev–Trinajstić information content (AvgIpc) is 2.24. The van der Waals surface area contributed by atoms with E-state index in [4.69, 9.17) is 15.9 Å². The normalized spacial score (nSPS) is 14.2. The first-order valence-electron chi connectivity index (χ1n) is 5.40. The zero-order chi connectivity index (χ0) is 12.6. The van der Waals surface area contributed by atoms with Crippen molar-refractivity contribution >= 4 is 11.9 Å². The van der Waals surface area contributed by atoms with Crippen molar-refractivity contribution in [2.24, 2.45) is 11.7 Å². The number of aliphatic hydroxyl groups excluding tert-OH is 1. The van der Waals surface area contributed by atoms with Crippen LogP contribution >= 0.6 is 0 Å². The van der Waals surface area contributed by atoms with E-state index in [-0.39, 0.29) is 31.4 Å². The molecule has 0 radical (unpaired) electrons. The Labute approximate surface area is 94.8 Å². The third-order valence-corrected chi connectivity index (χ3v) is 2.32. The van der Waals surface area contributed by atoms with Gasteiger partial charge in [-0.3, -0.25) is 4.79 Å². The van der Waals surface area contributed by atoms with Gasteiger partial charge >= 0.3 is 5.97 Å². The molecular weight excluding hydrogens is 212 g/mol. The molecule has 0 aliphatic rings. The predicted molar refractivity (Wildman–Crippen MR) is 58.7 cm³/mol. The summed E-state index contributed by atoms with van der Waals surface area (Å²) in [5, 5.41) is 19.8. The molecule has 6 nitrogen and oxygen atoms in total. The zero-order valence-electron chi connectivity index (χ0n) is 9.48. The maximum absolute atomic E-state index is 11.6. The van der Waals surface area contributed by atoms with Crippen LogP contribution < -0.4 is 11.1 Å². The third kappa shape index (κ3) is 5.09. The van der Waals surface area contributed by atoms with E-state index in [0.29, 0.717) is 6.42 Å². The summed E-state index contributed by atoms with van der Waals surface area (Å²) in [6, 6.07) is -1.04. The number of carboxylic acid groups (broad SMARTS) is 1. The van der Waals surface area contributed by atoms with Gasteiger partial charge in [0.25, 0.3) is 0 Å². The van der Waals surface area contributed by atoms with Crippen molar-refractivity contribution in [2.75, 3.05) is 13.2 Å². The minimum Gasteiger partial charge on any atom is -0.480 e. The number of carboxylic acids is 1. The Kier molecular flexibility index (Phi) is 7.49. The molecule has 0 fully saturated rings. The van der Waals surface area contributed by atoms with Gasteiger partial charge in [-0.25, -0.2) is 4.79 Å². The molecule has 0 rings (SSSR count). The largest absolute Gasteiger partial charge is 0.480 e. The molecule has 0 aromatic heterocycles. The van der Waals surface area contributed by atoms with E-state index in [1.165, 1.54) is 0 Å². The van der Waals surface area contributed by atoms with Gasteiger partial charge in [-0.15, -0.1) is 0 Å². The van der Waals surface area contributed by atoms with Gasteiger partial charge in [0.1, 0.15) is 6.04 Å². The van der Waals surface area contributed by atoms with Crippen LogP contribution in [0.25, 0.3) is 0 Å². The molecule has 1 unspecified atom stereocenters. The second kappa shape index (κ2) is 8.06. The fourth-order valence-corrected chi connectivity index (χ4v) is 1.38. The molecule has 2 atom stereocenters. The van der Waals surface area contributed by atoms with Crippen LogP contribution in [0.2, 0.25) is 0 Å². The highest BCUT2D eigenvalue weighted by atomic mass is 16.4. The van der Waals surface area contributed by atoms with E-state index >= 15 is 0 Å². The van der Waals surface area contributed by atoms with Gasteiger partial charge in [-0.2, -0.15) is 0 Å². The second-order valence-corrected chi connectivity index (χ2v) is 3.63. The maximum Gasteiger partial charge on any atom is 0.326 e. The van der Waals surface area contributed by atoms with Gasteiger partial charge in [0.05, 0.1) is 5.92 Å². The number of hydrogen-bond donors (Lipinski definition) is 4. The molecule has 16 heavy (non-hydrogen) atoms. The van der Waals surface area contributed by atoms with Gasteiger partial charge in [0, 0.05) is 19.6 Å². The van der Waals surface area contributed by atoms with Crippen LogP contribution in [0.5, 0.6) is 0 Å². The Morgan fingerprint density at radius 3 is 2.38 bits per heavy atom. The number of carbonyl (C=O) groups excluding carboxylic acids is 1. The second-order valence-electron chi connectivity index (χ2n) is 3.63. The SMILES string of the molecule is CCCC(CN)C(=O)N[C@@H](CCO)C(=O)O. The zero-order valence-corrected chi connectivity index (χ0v) is 9.48. The lowest BCUT2D eigenvalue weighted by Crippen LogP contribution is -2.45. The molecule has 0 aliphatic carbocycles. The van der Waals surface area contributed by atoms with E-state index in [1.807, 2.05) is 6.92 Å². The summed E-state index contributed by atoms with van der Waals surface area (Å²) in [6.07, 6.45) is 1.45. The van der Waals surface area contributed by atoms with Crippen molar-refractivity contribution in [1.82, 2.24) is 5.32 Å². The van der Waals surface area contributed by atoms with Crippen molar-refractivity contribution in [3.63, 3.8) is 0 Å². The number of hydrogen-bond acceptors (Lipinski definition) is 4. The Morgan fingerprint density at radius 2 is 2.00 bits per heavy atom. The van der Waals surface area contributed by atoms with Crippen LogP contribution in [-0.2, 0) is 9.59 Å². The van der Waals surface area contributed by atoms with Crippen molar-refractivity contribution < 1.29 is 19.8 Å². The van der Waals surface area contributed by atoms with E-state index < -0.39 is 12.0 Å². The van der Waals surface area contributed by atoms with E-state index in [9.17, 15) is 9.59 Å². The van der Waals surface area contributed by atoms with Gasteiger partial charge in [-0.05, 0) is 6.42 Å². The summed E-state index contributed by atoms with van der Waals surface area (Å²) in [4.78, 5) is 22.4. The molecular formula is C10H20N2O4. The van der Waals surface area contributed by atoms with Crippen molar-refractivity contribution in [2.45, 2.75) is 32.2 Å². The summed E-state index contributed by atoms with van der Waals surface area (Å²) >= 11 is 0. The number of nitrogens with one attached hydrogen (secondary N) is 1. The van der Waals surface area contributed by atoms with Crippen molar-refractivity contribution in [3.05, 3.63) is 0 Å². The number of carbonyl (C=O) groups is 2. The predicted octanol–water partition coefficient (Wildman–Crippen LogP) is -0.687. The molecule has 0 spiro atoms. The lowest BCUT2D eigenvalue weighted by Gasteiger charge is -2.18. The number of amides is 1. The molecule has 94 valence electrons. The highest BCUT2D eigenvalue weighted by molar-refractivity contribution is 5.85. The highest BCUT2D eigenvalue weighted by Crippen LogP contribution is 2.05. The Balaban J connectivity index is 4.31. The van der Waals surface area contributed by atoms with Crippen LogP contribution in [-0.4, -0.2) is 41.3 Å². The molecule has 0 aromatic carbocycles. The average molecular weight is 232 g/mol. The lowest BCUT2D eigenvalue weighted by atomic mass is 10.0. The molecule has 5 N–H and O–H groups in total. The lowest BCUT2D eigenvalue weighted by molar-refractivity contribution is -0.142. The van der Waals surface area contributed by atoms with Gasteiger partial charge in [0.2, 0.25) is 5.91 Å². The first-order valence-corrected chi connectivity index (χ1v) is 5.40. The van der Waals surface area contributed by atoms with Crippen LogP contribution in [0.4, 0.5) is 0 Å². The molecule has 0 heterocycles. The summed E-state index contributed by atoms with van der Waals surface area (Å²) in [6.45, 7) is 1.85. The van der Waals surface area contributed by atoms with E-state index in [2.05, 4.69) is 5.32 Å². The highest BCUT2D eigenvalue weighted by Gasteiger charge is 2.23. The summed E-state index contributed by atoms with van der Waals surface area (Å²) < 4.78 is 0. The minimum absolute atomic E-state index is 0.00445. The monoisotopic (exact) mass is 232 g/mol.